The van der Waals surface area contributed by atoms with Crippen molar-refractivity contribution in [2.45, 2.75) is 38.0 Å². The maximum absolute atomic E-state index is 10.6. The Labute approximate surface area is 170 Å². The molecular formula is C20H27N5O2S. The summed E-state index contributed by atoms with van der Waals surface area (Å²) in [7, 11) is 1.74. The molecule has 8 heteroatoms. The molecule has 0 saturated carbocycles. The van der Waals surface area contributed by atoms with Gasteiger partial charge >= 0.3 is 0 Å². The van der Waals surface area contributed by atoms with Crippen LogP contribution < -0.4 is 11.1 Å². The summed E-state index contributed by atoms with van der Waals surface area (Å²) < 4.78 is 0. The lowest BCUT2D eigenvalue weighted by atomic mass is 10.2. The fraction of sp³-hybridized carbons (Fsp3) is 0.300. The smallest absolute Gasteiger partial charge is 0.269 e. The first-order valence-electron chi connectivity index (χ1n) is 8.86. The molecule has 0 amide bonds. The van der Waals surface area contributed by atoms with Crippen molar-refractivity contribution < 1.29 is 4.92 Å². The van der Waals surface area contributed by atoms with Crippen LogP contribution >= 0.6 is 11.8 Å². The Morgan fingerprint density at radius 1 is 1.32 bits per heavy atom. The molecule has 3 N–H and O–H groups in total. The highest BCUT2D eigenvalue weighted by Crippen LogP contribution is 2.29. The van der Waals surface area contributed by atoms with Gasteiger partial charge in [-0.3, -0.25) is 10.1 Å². The molecule has 0 aliphatic heterocycles. The van der Waals surface area contributed by atoms with E-state index < -0.39 is 4.92 Å². The second kappa shape index (κ2) is 12.5. The van der Waals surface area contributed by atoms with Gasteiger partial charge in [-0.2, -0.15) is 0 Å². The SMILES string of the molecule is C/C=C(C)\C=C/CC.CNc1ncnc(SCc2ccc([N+](=O)[O-])cc2)c1N. The van der Waals surface area contributed by atoms with E-state index in [1.807, 2.05) is 0 Å². The fourth-order valence-corrected chi connectivity index (χ4v) is 2.83. The maximum atomic E-state index is 10.6. The number of nitro benzene ring substituents is 1. The molecule has 0 unspecified atom stereocenters. The van der Waals surface area contributed by atoms with Crippen molar-refractivity contribution >= 4 is 29.0 Å². The number of aromatic nitrogens is 2. The number of hydrogen-bond acceptors (Lipinski definition) is 7. The quantitative estimate of drug-likeness (QED) is 0.215. The van der Waals surface area contributed by atoms with Crippen LogP contribution in [0, 0.1) is 10.1 Å². The molecule has 1 heterocycles. The van der Waals surface area contributed by atoms with E-state index in [9.17, 15) is 10.1 Å². The number of nitrogens with one attached hydrogen (secondary N) is 1. The third-order valence-corrected chi connectivity index (χ3v) is 4.76. The average molecular weight is 402 g/mol. The number of allylic oxidation sites excluding steroid dienone is 4. The number of benzene rings is 1. The van der Waals surface area contributed by atoms with Crippen molar-refractivity contribution in [3.05, 3.63) is 70.1 Å². The Morgan fingerprint density at radius 2 is 2.00 bits per heavy atom. The van der Waals surface area contributed by atoms with Gasteiger partial charge in [0.25, 0.3) is 5.69 Å². The summed E-state index contributed by atoms with van der Waals surface area (Å²) in [5.74, 6) is 1.22. The first kappa shape index (κ1) is 23.2. The van der Waals surface area contributed by atoms with Crippen molar-refractivity contribution in [3.8, 4) is 0 Å². The molecule has 7 nitrogen and oxygen atoms in total. The van der Waals surface area contributed by atoms with Crippen LogP contribution in [0.15, 0.2) is 59.4 Å². The predicted octanol–water partition coefficient (Wildman–Crippen LogP) is 5.22. The summed E-state index contributed by atoms with van der Waals surface area (Å²) in [6.45, 7) is 6.29. The van der Waals surface area contributed by atoms with E-state index in [0.717, 1.165) is 12.0 Å². The maximum Gasteiger partial charge on any atom is 0.269 e. The van der Waals surface area contributed by atoms with Crippen LogP contribution in [0.4, 0.5) is 17.2 Å². The van der Waals surface area contributed by atoms with Crippen molar-refractivity contribution in [2.75, 3.05) is 18.1 Å². The second-order valence-corrected chi connectivity index (χ2v) is 6.71. The van der Waals surface area contributed by atoms with Gasteiger partial charge < -0.3 is 11.1 Å². The van der Waals surface area contributed by atoms with E-state index in [-0.39, 0.29) is 5.69 Å². The van der Waals surface area contributed by atoms with Crippen LogP contribution in [0.2, 0.25) is 0 Å². The van der Waals surface area contributed by atoms with Gasteiger partial charge in [0.15, 0.2) is 5.82 Å². The molecule has 2 rings (SSSR count). The first-order chi connectivity index (χ1) is 13.4. The number of nitrogens with zero attached hydrogens (tertiary/aromatic N) is 3. The molecule has 2 aromatic rings. The van der Waals surface area contributed by atoms with Gasteiger partial charge in [-0.1, -0.05) is 54.6 Å². The normalized spacial score (nSPS) is 11.1. The van der Waals surface area contributed by atoms with Crippen LogP contribution in [0.5, 0.6) is 0 Å². The molecule has 0 saturated heterocycles. The van der Waals surface area contributed by atoms with Crippen LogP contribution in [-0.4, -0.2) is 21.9 Å². The van der Waals surface area contributed by atoms with Gasteiger partial charge in [-0.25, -0.2) is 9.97 Å². The molecule has 1 aromatic carbocycles. The van der Waals surface area contributed by atoms with Crippen molar-refractivity contribution in [2.24, 2.45) is 0 Å². The molecule has 0 aliphatic carbocycles. The number of rotatable bonds is 7. The van der Waals surface area contributed by atoms with Gasteiger partial charge in [0.05, 0.1) is 4.92 Å². The molecule has 150 valence electrons. The lowest BCUT2D eigenvalue weighted by Crippen LogP contribution is -2.01. The zero-order chi connectivity index (χ0) is 20.9. The minimum Gasteiger partial charge on any atom is -0.394 e. The Kier molecular flexibility index (Phi) is 10.3. The van der Waals surface area contributed by atoms with E-state index in [1.165, 1.54) is 35.8 Å². The van der Waals surface area contributed by atoms with Gasteiger partial charge in [-0.05, 0) is 25.8 Å². The van der Waals surface area contributed by atoms with Crippen LogP contribution in [0.3, 0.4) is 0 Å². The fourth-order valence-electron chi connectivity index (χ4n) is 1.96. The monoisotopic (exact) mass is 401 g/mol. The van der Waals surface area contributed by atoms with Crippen molar-refractivity contribution in [3.63, 3.8) is 0 Å². The van der Waals surface area contributed by atoms with Gasteiger partial charge in [0, 0.05) is 24.9 Å². The Balaban J connectivity index is 0.000000416. The second-order valence-electron chi connectivity index (χ2n) is 5.75. The summed E-state index contributed by atoms with van der Waals surface area (Å²) in [5, 5.41) is 14.1. The third-order valence-electron chi connectivity index (χ3n) is 3.68. The lowest BCUT2D eigenvalue weighted by molar-refractivity contribution is -0.384. The molecule has 1 aromatic heterocycles. The zero-order valence-electron chi connectivity index (χ0n) is 16.7. The van der Waals surface area contributed by atoms with Gasteiger partial charge in [-0.15, -0.1) is 0 Å². The molecular weight excluding hydrogens is 374 g/mol. The van der Waals surface area contributed by atoms with Crippen LogP contribution in [0.1, 0.15) is 32.8 Å². The highest BCUT2D eigenvalue weighted by molar-refractivity contribution is 7.98. The van der Waals surface area contributed by atoms with Crippen LogP contribution in [-0.2, 0) is 5.75 Å². The van der Waals surface area contributed by atoms with E-state index in [4.69, 9.17) is 5.73 Å². The number of nitro groups is 1. The van der Waals surface area contributed by atoms with Crippen molar-refractivity contribution in [1.29, 1.82) is 0 Å². The topological polar surface area (TPSA) is 107 Å². The summed E-state index contributed by atoms with van der Waals surface area (Å²) in [6.07, 6.45) is 8.98. The summed E-state index contributed by atoms with van der Waals surface area (Å²) in [6, 6.07) is 6.42. The van der Waals surface area contributed by atoms with E-state index in [0.29, 0.717) is 22.3 Å². The number of anilines is 2. The summed E-state index contributed by atoms with van der Waals surface area (Å²) in [4.78, 5) is 18.3. The number of non-ortho nitro benzene ring substituents is 1. The molecule has 0 spiro atoms. The zero-order valence-corrected chi connectivity index (χ0v) is 17.5. The highest BCUT2D eigenvalue weighted by atomic mass is 32.2. The van der Waals surface area contributed by atoms with Gasteiger partial charge in [0.2, 0.25) is 0 Å². The lowest BCUT2D eigenvalue weighted by Gasteiger charge is -2.07. The van der Waals surface area contributed by atoms with Crippen LogP contribution in [0.25, 0.3) is 0 Å². The molecule has 0 atom stereocenters. The Bertz CT molecular complexity index is 820. The predicted molar refractivity (Wildman–Crippen MR) is 118 cm³/mol. The summed E-state index contributed by atoms with van der Waals surface area (Å²) in [5.41, 5.74) is 8.81. The first-order valence-corrected chi connectivity index (χ1v) is 9.85. The van der Waals surface area contributed by atoms with Gasteiger partial charge in [0.1, 0.15) is 17.0 Å². The van der Waals surface area contributed by atoms with E-state index in [2.05, 4.69) is 54.3 Å². The largest absolute Gasteiger partial charge is 0.394 e. The average Bonchev–Trinajstić information content (AvgIpc) is 2.72. The molecule has 0 radical (unpaired) electrons. The molecule has 0 fully saturated rings. The minimum atomic E-state index is -0.418. The van der Waals surface area contributed by atoms with E-state index >= 15 is 0 Å². The minimum absolute atomic E-state index is 0.0813. The molecule has 0 aliphatic rings. The van der Waals surface area contributed by atoms with E-state index in [1.54, 1.807) is 19.2 Å². The number of hydrogen-bond donors (Lipinski definition) is 2. The Hall–Kier alpha value is -2.87. The van der Waals surface area contributed by atoms with Crippen molar-refractivity contribution in [1.82, 2.24) is 9.97 Å². The molecule has 0 bridgehead atoms. The number of nitrogen functional groups attached to an aromatic ring is 1. The number of thioether (sulfide) groups is 1. The highest BCUT2D eigenvalue weighted by Gasteiger charge is 2.08. The number of nitrogens with two attached hydrogens (primary N) is 1. The molecule has 28 heavy (non-hydrogen) atoms. The standard InChI is InChI=1S/C12H13N5O2S.C8H14/c1-14-11-10(13)12(16-7-15-11)20-6-8-2-4-9(5-3-8)17(18)19;1-4-6-7-8(3)5-2/h2-5,7H,6,13H2,1H3,(H,14,15,16);5-7H,4H2,1-3H3/b;7-6-,8-5-. The Morgan fingerprint density at radius 3 is 2.54 bits per heavy atom. The third kappa shape index (κ3) is 7.79. The summed E-state index contributed by atoms with van der Waals surface area (Å²) >= 11 is 1.46.